The van der Waals surface area contributed by atoms with Crippen molar-refractivity contribution in [2.75, 3.05) is 11.1 Å². The van der Waals surface area contributed by atoms with Crippen LogP contribution in [0.15, 0.2) is 42.5 Å². The number of benzene rings is 2. The third-order valence-electron chi connectivity index (χ3n) is 2.33. The second-order valence-electron chi connectivity index (χ2n) is 3.70. The van der Waals surface area contributed by atoms with Crippen LogP contribution in [0, 0.1) is 6.92 Å². The van der Waals surface area contributed by atoms with Crippen molar-refractivity contribution < 1.29 is 0 Å². The van der Waals surface area contributed by atoms with Gasteiger partial charge in [0, 0.05) is 5.69 Å². The average Bonchev–Trinajstić information content (AvgIpc) is 2.24. The fraction of sp³-hybridized carbons (Fsp3) is 0.0769. The molecule has 2 aromatic rings. The number of nitrogens with one attached hydrogen (secondary N) is 1. The Morgan fingerprint density at radius 3 is 2.56 bits per heavy atom. The Kier molecular flexibility index (Phi) is 3.02. The van der Waals surface area contributed by atoms with Crippen molar-refractivity contribution in [3.05, 3.63) is 53.1 Å². The first-order valence-electron chi connectivity index (χ1n) is 5.04. The Morgan fingerprint density at radius 1 is 1.12 bits per heavy atom. The molecule has 0 aliphatic rings. The van der Waals surface area contributed by atoms with E-state index >= 15 is 0 Å². The molecule has 0 fully saturated rings. The third-order valence-corrected chi connectivity index (χ3v) is 2.65. The summed E-state index contributed by atoms with van der Waals surface area (Å²) in [7, 11) is 0. The molecule has 0 bridgehead atoms. The van der Waals surface area contributed by atoms with Crippen molar-refractivity contribution in [2.24, 2.45) is 0 Å². The minimum Gasteiger partial charge on any atom is -0.397 e. The number of para-hydroxylation sites is 1. The van der Waals surface area contributed by atoms with Gasteiger partial charge in [-0.25, -0.2) is 0 Å². The maximum atomic E-state index is 6.08. The van der Waals surface area contributed by atoms with Gasteiger partial charge in [-0.3, -0.25) is 0 Å². The lowest BCUT2D eigenvalue weighted by Gasteiger charge is -2.11. The fourth-order valence-corrected chi connectivity index (χ4v) is 1.77. The van der Waals surface area contributed by atoms with Crippen molar-refractivity contribution >= 4 is 28.7 Å². The molecular formula is C13H13ClN2. The minimum absolute atomic E-state index is 0.626. The smallest absolute Gasteiger partial charge is 0.0807 e. The van der Waals surface area contributed by atoms with E-state index in [4.69, 9.17) is 17.3 Å². The van der Waals surface area contributed by atoms with Crippen molar-refractivity contribution in [1.82, 2.24) is 0 Å². The van der Waals surface area contributed by atoms with E-state index in [1.807, 2.05) is 49.4 Å². The van der Waals surface area contributed by atoms with Gasteiger partial charge >= 0.3 is 0 Å². The number of aryl methyl sites for hydroxylation is 1. The van der Waals surface area contributed by atoms with Gasteiger partial charge in [0.05, 0.1) is 16.4 Å². The van der Waals surface area contributed by atoms with Gasteiger partial charge in [0.2, 0.25) is 0 Å². The molecule has 2 aromatic carbocycles. The lowest BCUT2D eigenvalue weighted by Crippen LogP contribution is -1.97. The normalized spacial score (nSPS) is 10.1. The van der Waals surface area contributed by atoms with Crippen LogP contribution in [0.4, 0.5) is 17.1 Å². The predicted molar refractivity (Wildman–Crippen MR) is 70.3 cm³/mol. The number of anilines is 3. The number of nitrogens with two attached hydrogens (primary N) is 1. The lowest BCUT2D eigenvalue weighted by molar-refractivity contribution is 1.45. The Bertz CT molecular complexity index is 489. The summed E-state index contributed by atoms with van der Waals surface area (Å²) >= 11 is 6.08. The highest BCUT2D eigenvalue weighted by Crippen LogP contribution is 2.30. The molecule has 3 N–H and O–H groups in total. The zero-order valence-corrected chi connectivity index (χ0v) is 9.75. The molecule has 16 heavy (non-hydrogen) atoms. The zero-order chi connectivity index (χ0) is 11.5. The summed E-state index contributed by atoms with van der Waals surface area (Å²) in [5, 5.41) is 3.85. The van der Waals surface area contributed by atoms with E-state index < -0.39 is 0 Å². The van der Waals surface area contributed by atoms with Crippen molar-refractivity contribution in [1.29, 1.82) is 0 Å². The second kappa shape index (κ2) is 4.45. The summed E-state index contributed by atoms with van der Waals surface area (Å²) in [6.07, 6.45) is 0. The van der Waals surface area contributed by atoms with Crippen LogP contribution < -0.4 is 11.1 Å². The van der Waals surface area contributed by atoms with E-state index in [9.17, 15) is 0 Å². The molecule has 2 nitrogen and oxygen atoms in total. The maximum Gasteiger partial charge on any atom is 0.0807 e. The molecule has 0 unspecified atom stereocenters. The minimum atomic E-state index is 0.626. The molecule has 0 heterocycles. The highest BCUT2D eigenvalue weighted by Gasteiger charge is 2.04. The van der Waals surface area contributed by atoms with Crippen LogP contribution in [0.3, 0.4) is 0 Å². The van der Waals surface area contributed by atoms with Crippen LogP contribution in [0.25, 0.3) is 0 Å². The monoisotopic (exact) mass is 232 g/mol. The van der Waals surface area contributed by atoms with E-state index in [1.54, 1.807) is 0 Å². The van der Waals surface area contributed by atoms with Gasteiger partial charge < -0.3 is 11.1 Å². The molecule has 0 aliphatic heterocycles. The van der Waals surface area contributed by atoms with Crippen molar-refractivity contribution in [3.63, 3.8) is 0 Å². The standard InChI is InChI=1S/C13H13ClN2/c1-9-4-2-5-10(8-9)16-13-11(14)6-3-7-12(13)15/h2-8,16H,15H2,1H3. The van der Waals surface area contributed by atoms with Crippen molar-refractivity contribution in [2.45, 2.75) is 6.92 Å². The highest BCUT2D eigenvalue weighted by atomic mass is 35.5. The molecule has 0 saturated carbocycles. The molecule has 0 saturated heterocycles. The summed E-state index contributed by atoms with van der Waals surface area (Å²) in [6.45, 7) is 2.04. The largest absolute Gasteiger partial charge is 0.397 e. The maximum absolute atomic E-state index is 6.08. The van der Waals surface area contributed by atoms with Crippen LogP contribution in [-0.4, -0.2) is 0 Å². The Labute approximate surface area is 100 Å². The molecule has 0 amide bonds. The fourth-order valence-electron chi connectivity index (χ4n) is 1.54. The Hall–Kier alpha value is -1.67. The van der Waals surface area contributed by atoms with E-state index in [2.05, 4.69) is 5.32 Å². The molecule has 82 valence electrons. The number of hydrogen-bond acceptors (Lipinski definition) is 2. The van der Waals surface area contributed by atoms with Gasteiger partial charge in [0.1, 0.15) is 0 Å². The summed E-state index contributed by atoms with van der Waals surface area (Å²) in [6, 6.07) is 13.5. The molecule has 0 radical (unpaired) electrons. The average molecular weight is 233 g/mol. The van der Waals surface area contributed by atoms with Crippen LogP contribution in [-0.2, 0) is 0 Å². The van der Waals surface area contributed by atoms with Gasteiger partial charge in [-0.15, -0.1) is 0 Å². The van der Waals surface area contributed by atoms with Gasteiger partial charge in [-0.1, -0.05) is 29.8 Å². The Balaban J connectivity index is 2.34. The van der Waals surface area contributed by atoms with Gasteiger partial charge in [-0.05, 0) is 36.8 Å². The topological polar surface area (TPSA) is 38.0 Å². The van der Waals surface area contributed by atoms with E-state index in [0.29, 0.717) is 10.7 Å². The quantitative estimate of drug-likeness (QED) is 0.769. The van der Waals surface area contributed by atoms with Gasteiger partial charge in [0.15, 0.2) is 0 Å². The molecule has 0 atom stereocenters. The third kappa shape index (κ3) is 2.28. The first-order valence-corrected chi connectivity index (χ1v) is 5.42. The van der Waals surface area contributed by atoms with E-state index in [1.165, 1.54) is 5.56 Å². The first-order chi connectivity index (χ1) is 7.66. The molecular weight excluding hydrogens is 220 g/mol. The van der Waals surface area contributed by atoms with Crippen LogP contribution in [0.1, 0.15) is 5.56 Å². The SMILES string of the molecule is Cc1cccc(Nc2c(N)cccc2Cl)c1. The number of halogens is 1. The summed E-state index contributed by atoms with van der Waals surface area (Å²) < 4.78 is 0. The number of rotatable bonds is 2. The summed E-state index contributed by atoms with van der Waals surface area (Å²) in [4.78, 5) is 0. The molecule has 0 aliphatic carbocycles. The summed E-state index contributed by atoms with van der Waals surface area (Å²) in [5.74, 6) is 0. The first kappa shape index (κ1) is 10.8. The molecule has 3 heteroatoms. The van der Waals surface area contributed by atoms with Crippen LogP contribution in [0.5, 0.6) is 0 Å². The van der Waals surface area contributed by atoms with Crippen LogP contribution >= 0.6 is 11.6 Å². The molecule has 0 spiro atoms. The van der Waals surface area contributed by atoms with Crippen LogP contribution in [0.2, 0.25) is 5.02 Å². The summed E-state index contributed by atoms with van der Waals surface area (Å²) in [5.41, 5.74) is 9.44. The molecule has 0 aromatic heterocycles. The van der Waals surface area contributed by atoms with E-state index in [0.717, 1.165) is 11.4 Å². The van der Waals surface area contributed by atoms with Gasteiger partial charge in [-0.2, -0.15) is 0 Å². The lowest BCUT2D eigenvalue weighted by atomic mass is 10.2. The second-order valence-corrected chi connectivity index (χ2v) is 4.11. The van der Waals surface area contributed by atoms with Crippen molar-refractivity contribution in [3.8, 4) is 0 Å². The number of hydrogen-bond donors (Lipinski definition) is 2. The zero-order valence-electron chi connectivity index (χ0n) is 9.00. The Morgan fingerprint density at radius 2 is 1.88 bits per heavy atom. The molecule has 2 rings (SSSR count). The predicted octanol–water partition coefficient (Wildman–Crippen LogP) is 3.97. The van der Waals surface area contributed by atoms with Gasteiger partial charge in [0.25, 0.3) is 0 Å². The highest BCUT2D eigenvalue weighted by molar-refractivity contribution is 6.34. The number of nitrogen functional groups attached to an aromatic ring is 1. The van der Waals surface area contributed by atoms with E-state index in [-0.39, 0.29) is 0 Å².